The van der Waals surface area contributed by atoms with Gasteiger partial charge in [-0.2, -0.15) is 0 Å². The zero-order chi connectivity index (χ0) is 29.1. The lowest BCUT2D eigenvalue weighted by molar-refractivity contribution is -0.168. The number of rotatable bonds is 8. The van der Waals surface area contributed by atoms with Gasteiger partial charge in [0.2, 0.25) is 11.8 Å². The summed E-state index contributed by atoms with van der Waals surface area (Å²) in [5.74, 6) is -3.83. The van der Waals surface area contributed by atoms with Gasteiger partial charge >= 0.3 is 5.97 Å². The van der Waals surface area contributed by atoms with Crippen LogP contribution >= 0.6 is 0 Å². The fraction of sp³-hybridized carbons (Fsp3) is 0.400. The highest BCUT2D eigenvalue weighted by Crippen LogP contribution is 2.29. The first-order valence-electron chi connectivity index (χ1n) is 13.8. The number of benzene rings is 2. The average Bonchev–Trinajstić information content (AvgIpc) is 3.23. The molecule has 11 nitrogen and oxygen atoms in total. The quantitative estimate of drug-likeness (QED) is 0.382. The molecule has 0 aromatic heterocycles. The molecule has 0 bridgehead atoms. The van der Waals surface area contributed by atoms with Crippen LogP contribution in [-0.4, -0.2) is 82.6 Å². The molecule has 41 heavy (non-hydrogen) atoms. The Morgan fingerprint density at radius 2 is 1.51 bits per heavy atom. The van der Waals surface area contributed by atoms with Crippen molar-refractivity contribution < 1.29 is 33.5 Å². The number of likely N-dealkylation sites (tertiary alicyclic amines) is 2. The number of ether oxygens (including phenoxy) is 1. The molecule has 11 heteroatoms. The van der Waals surface area contributed by atoms with Crippen molar-refractivity contribution >= 4 is 35.5 Å². The van der Waals surface area contributed by atoms with Gasteiger partial charge in [0.1, 0.15) is 6.04 Å². The average molecular weight is 561 g/mol. The Morgan fingerprint density at radius 1 is 0.902 bits per heavy atom. The summed E-state index contributed by atoms with van der Waals surface area (Å²) in [6, 6.07) is 13.6. The molecular weight excluding hydrogens is 528 g/mol. The number of esters is 1. The third-order valence-electron chi connectivity index (χ3n) is 7.91. The van der Waals surface area contributed by atoms with E-state index in [1.807, 2.05) is 4.90 Å². The van der Waals surface area contributed by atoms with Gasteiger partial charge in [0.05, 0.1) is 17.7 Å². The number of nitrogens with one attached hydrogen (secondary N) is 1. The Hall–Kier alpha value is -4.38. The summed E-state index contributed by atoms with van der Waals surface area (Å²) < 4.78 is 5.49. The van der Waals surface area contributed by atoms with Crippen LogP contribution in [0.2, 0.25) is 0 Å². The van der Waals surface area contributed by atoms with Crippen LogP contribution in [0, 0.1) is 0 Å². The molecule has 1 N–H and O–H groups in total. The van der Waals surface area contributed by atoms with E-state index in [-0.39, 0.29) is 36.4 Å². The SMILES string of the molecule is C[C@@](NC(=O)CN1CCCCC1)(C(=O)OCN1C(=O)CCC(N2C(=O)c3ccccc3C2=O)C1=O)c1ccccc1. The summed E-state index contributed by atoms with van der Waals surface area (Å²) in [5.41, 5.74) is -0.742. The van der Waals surface area contributed by atoms with Crippen molar-refractivity contribution in [3.05, 3.63) is 71.3 Å². The van der Waals surface area contributed by atoms with Crippen molar-refractivity contribution in [1.82, 2.24) is 20.0 Å². The van der Waals surface area contributed by atoms with Crippen LogP contribution in [0.15, 0.2) is 54.6 Å². The van der Waals surface area contributed by atoms with Crippen LogP contribution in [0.4, 0.5) is 0 Å². The topological polar surface area (TPSA) is 133 Å². The summed E-state index contributed by atoms with van der Waals surface area (Å²) in [6.07, 6.45) is 2.98. The standard InChI is InChI=1S/C30H32N4O7/c1-30(20-10-4-2-5-11-20,31-24(35)18-32-16-8-3-9-17-32)29(40)41-19-33-25(36)15-14-23(28(33)39)34-26(37)21-12-6-7-13-22(21)27(34)38/h2,4-7,10-13,23H,3,8-9,14-19H2,1H3,(H,31,35)/t23?,30-/m0/s1. The zero-order valence-corrected chi connectivity index (χ0v) is 22.8. The largest absolute Gasteiger partial charge is 0.442 e. The highest BCUT2D eigenvalue weighted by Gasteiger charge is 2.47. The lowest BCUT2D eigenvalue weighted by atomic mass is 9.92. The predicted octanol–water partition coefficient (Wildman–Crippen LogP) is 1.82. The molecule has 0 aliphatic carbocycles. The van der Waals surface area contributed by atoms with Crippen molar-refractivity contribution in [3.8, 4) is 0 Å². The molecule has 2 aromatic carbocycles. The van der Waals surface area contributed by atoms with Gasteiger partial charge in [-0.05, 0) is 57.0 Å². The Morgan fingerprint density at radius 3 is 2.15 bits per heavy atom. The van der Waals surface area contributed by atoms with Crippen LogP contribution in [0.25, 0.3) is 0 Å². The van der Waals surface area contributed by atoms with Crippen LogP contribution in [0.5, 0.6) is 0 Å². The number of piperidine rings is 2. The Kier molecular flexibility index (Phi) is 7.98. The lowest BCUT2D eigenvalue weighted by Gasteiger charge is -2.35. The Bertz CT molecular complexity index is 1350. The Balaban J connectivity index is 1.30. The van der Waals surface area contributed by atoms with Crippen molar-refractivity contribution in [2.75, 3.05) is 26.4 Å². The minimum absolute atomic E-state index is 0.0259. The van der Waals surface area contributed by atoms with Crippen molar-refractivity contribution in [2.45, 2.75) is 50.6 Å². The first-order valence-corrected chi connectivity index (χ1v) is 13.8. The van der Waals surface area contributed by atoms with Gasteiger partial charge in [-0.3, -0.25) is 33.8 Å². The second kappa shape index (κ2) is 11.6. The van der Waals surface area contributed by atoms with E-state index in [0.717, 1.165) is 42.2 Å². The molecular formula is C30H32N4O7. The first-order chi connectivity index (χ1) is 19.7. The number of imide groups is 2. The summed E-state index contributed by atoms with van der Waals surface area (Å²) >= 11 is 0. The highest BCUT2D eigenvalue weighted by atomic mass is 16.5. The van der Waals surface area contributed by atoms with E-state index in [2.05, 4.69) is 5.32 Å². The normalized spacial score (nSPS) is 21.0. The van der Waals surface area contributed by atoms with Crippen molar-refractivity contribution in [1.29, 1.82) is 0 Å². The molecule has 2 fully saturated rings. The molecule has 2 atom stereocenters. The maximum absolute atomic E-state index is 13.5. The molecule has 0 radical (unpaired) electrons. The molecule has 3 aliphatic rings. The molecule has 5 rings (SSSR count). The monoisotopic (exact) mass is 560 g/mol. The summed E-state index contributed by atoms with van der Waals surface area (Å²) in [5, 5.41) is 2.80. The number of carbonyl (C=O) groups excluding carboxylic acids is 6. The van der Waals surface area contributed by atoms with Gasteiger partial charge in [-0.15, -0.1) is 0 Å². The summed E-state index contributed by atoms with van der Waals surface area (Å²) in [4.78, 5) is 82.2. The second-order valence-corrected chi connectivity index (χ2v) is 10.7. The zero-order valence-electron chi connectivity index (χ0n) is 22.8. The van der Waals surface area contributed by atoms with Crippen molar-refractivity contribution in [2.24, 2.45) is 0 Å². The van der Waals surface area contributed by atoms with Gasteiger partial charge < -0.3 is 10.1 Å². The van der Waals surface area contributed by atoms with E-state index in [1.165, 1.54) is 19.1 Å². The molecule has 2 aromatic rings. The van der Waals surface area contributed by atoms with E-state index in [4.69, 9.17) is 4.74 Å². The summed E-state index contributed by atoms with van der Waals surface area (Å²) in [6.45, 7) is 2.52. The van der Waals surface area contributed by atoms with Gasteiger partial charge in [0.25, 0.3) is 17.7 Å². The van der Waals surface area contributed by atoms with Gasteiger partial charge in [0.15, 0.2) is 12.3 Å². The number of hydrogen-bond donors (Lipinski definition) is 1. The number of fused-ring (bicyclic) bond motifs is 1. The molecule has 5 amide bonds. The van der Waals surface area contributed by atoms with Crippen LogP contribution < -0.4 is 5.32 Å². The minimum Gasteiger partial charge on any atom is -0.442 e. The van der Waals surface area contributed by atoms with Gasteiger partial charge in [-0.25, -0.2) is 9.69 Å². The number of carbonyl (C=O) groups is 6. The molecule has 3 heterocycles. The maximum atomic E-state index is 13.5. The fourth-order valence-electron chi connectivity index (χ4n) is 5.61. The second-order valence-electron chi connectivity index (χ2n) is 10.7. The maximum Gasteiger partial charge on any atom is 0.338 e. The van der Waals surface area contributed by atoms with E-state index >= 15 is 0 Å². The molecule has 3 aliphatic heterocycles. The van der Waals surface area contributed by atoms with Crippen LogP contribution in [0.3, 0.4) is 0 Å². The number of nitrogens with zero attached hydrogens (tertiary/aromatic N) is 3. The molecule has 0 spiro atoms. The van der Waals surface area contributed by atoms with Crippen molar-refractivity contribution in [3.63, 3.8) is 0 Å². The van der Waals surface area contributed by atoms with Crippen LogP contribution in [-0.2, 0) is 29.5 Å². The third-order valence-corrected chi connectivity index (χ3v) is 7.91. The van der Waals surface area contributed by atoms with E-state index in [0.29, 0.717) is 5.56 Å². The fourth-order valence-corrected chi connectivity index (χ4v) is 5.61. The predicted molar refractivity (Wildman–Crippen MR) is 145 cm³/mol. The van der Waals surface area contributed by atoms with E-state index < -0.39 is 47.9 Å². The Labute approximate surface area is 237 Å². The van der Waals surface area contributed by atoms with Gasteiger partial charge in [-0.1, -0.05) is 48.9 Å². The highest BCUT2D eigenvalue weighted by molar-refractivity contribution is 6.23. The van der Waals surface area contributed by atoms with E-state index in [9.17, 15) is 28.8 Å². The first kappa shape index (κ1) is 28.2. The van der Waals surface area contributed by atoms with Crippen LogP contribution in [0.1, 0.15) is 65.3 Å². The number of amides is 5. The molecule has 214 valence electrons. The molecule has 1 unspecified atom stereocenters. The molecule has 0 saturated carbocycles. The number of hydrogen-bond acceptors (Lipinski definition) is 8. The minimum atomic E-state index is -1.60. The molecule has 2 saturated heterocycles. The van der Waals surface area contributed by atoms with E-state index in [1.54, 1.807) is 42.5 Å². The summed E-state index contributed by atoms with van der Waals surface area (Å²) in [7, 11) is 0. The van der Waals surface area contributed by atoms with Gasteiger partial charge in [0, 0.05) is 6.42 Å². The lowest BCUT2D eigenvalue weighted by Crippen LogP contribution is -2.58. The third kappa shape index (κ3) is 5.49. The smallest absolute Gasteiger partial charge is 0.338 e.